The number of rotatable bonds is 6. The summed E-state index contributed by atoms with van der Waals surface area (Å²) in [6.07, 6.45) is 2.89. The molecule has 2 aromatic carbocycles. The minimum absolute atomic E-state index is 0.0158. The molecule has 1 saturated carbocycles. The van der Waals surface area contributed by atoms with Gasteiger partial charge in [-0.3, -0.25) is 14.4 Å². The second kappa shape index (κ2) is 9.05. The van der Waals surface area contributed by atoms with Crippen molar-refractivity contribution in [3.8, 4) is 11.7 Å². The molecule has 0 bridgehead atoms. The number of aliphatic hydroxyl groups is 1. The van der Waals surface area contributed by atoms with Crippen LogP contribution < -0.4 is 9.57 Å². The number of allylic oxidation sites excluding steroid dienone is 2. The molecule has 3 aromatic rings. The van der Waals surface area contributed by atoms with Crippen molar-refractivity contribution in [2.45, 2.75) is 25.4 Å². The van der Waals surface area contributed by atoms with Gasteiger partial charge in [0.25, 0.3) is 17.8 Å². The number of amides is 2. The van der Waals surface area contributed by atoms with E-state index in [0.717, 1.165) is 0 Å². The first-order chi connectivity index (χ1) is 18.0. The van der Waals surface area contributed by atoms with Crippen molar-refractivity contribution in [3.63, 3.8) is 0 Å². The Morgan fingerprint density at radius 3 is 2.51 bits per heavy atom. The second-order valence-corrected chi connectivity index (χ2v) is 9.00. The number of carbonyl (C=O) groups is 3. The Kier molecular flexibility index (Phi) is 5.56. The summed E-state index contributed by atoms with van der Waals surface area (Å²) in [5.41, 5.74) is 0.0828. The molecule has 2 aliphatic carbocycles. The monoisotopic (exact) mass is 499 g/mol. The van der Waals surface area contributed by atoms with Crippen LogP contribution in [0.3, 0.4) is 0 Å². The van der Waals surface area contributed by atoms with Gasteiger partial charge in [-0.05, 0) is 49.6 Å². The molecule has 10 heteroatoms. The molecule has 3 unspecified atom stereocenters. The Bertz CT molecular complexity index is 1450. The van der Waals surface area contributed by atoms with Crippen LogP contribution in [0.2, 0.25) is 0 Å². The second-order valence-electron chi connectivity index (χ2n) is 9.00. The third-order valence-corrected chi connectivity index (χ3v) is 6.80. The summed E-state index contributed by atoms with van der Waals surface area (Å²) in [6.45, 7) is 0. The maximum atomic E-state index is 13.1. The minimum atomic E-state index is -0.694. The van der Waals surface area contributed by atoms with E-state index in [2.05, 4.69) is 10.2 Å². The third kappa shape index (κ3) is 3.96. The number of para-hydroxylation sites is 1. The van der Waals surface area contributed by atoms with Crippen LogP contribution in [0.5, 0.6) is 11.7 Å². The Labute approximate surface area is 210 Å². The third-order valence-electron chi connectivity index (χ3n) is 6.80. The lowest BCUT2D eigenvalue weighted by Crippen LogP contribution is -2.33. The molecule has 2 heterocycles. The van der Waals surface area contributed by atoms with Gasteiger partial charge >= 0.3 is 0 Å². The van der Waals surface area contributed by atoms with E-state index in [1.807, 2.05) is 0 Å². The highest BCUT2D eigenvalue weighted by Gasteiger charge is 2.47. The van der Waals surface area contributed by atoms with Crippen molar-refractivity contribution < 1.29 is 33.5 Å². The van der Waals surface area contributed by atoms with Gasteiger partial charge in [0.15, 0.2) is 17.2 Å². The van der Waals surface area contributed by atoms with E-state index in [4.69, 9.17) is 14.0 Å². The number of hydrogen-bond donors (Lipinski definition) is 1. The zero-order chi connectivity index (χ0) is 25.5. The zero-order valence-electron chi connectivity index (χ0n) is 19.4. The van der Waals surface area contributed by atoms with Gasteiger partial charge < -0.3 is 19.1 Å². The molecule has 0 saturated heterocycles. The van der Waals surface area contributed by atoms with E-state index in [1.165, 1.54) is 18.4 Å². The molecule has 2 amide bonds. The highest BCUT2D eigenvalue weighted by atomic mass is 16.7. The van der Waals surface area contributed by atoms with Crippen LogP contribution in [0.1, 0.15) is 40.0 Å². The summed E-state index contributed by atoms with van der Waals surface area (Å²) < 4.78 is 11.1. The predicted molar refractivity (Wildman–Crippen MR) is 127 cm³/mol. The van der Waals surface area contributed by atoms with Crippen molar-refractivity contribution in [2.75, 3.05) is 0 Å². The molecule has 1 aliphatic heterocycles. The number of benzene rings is 2. The smallest absolute Gasteiger partial charge is 0.297 e. The number of ether oxygens (including phenoxy) is 1. The van der Waals surface area contributed by atoms with E-state index in [0.29, 0.717) is 36.0 Å². The normalized spacial score (nSPS) is 23.1. The van der Waals surface area contributed by atoms with E-state index in [-0.39, 0.29) is 40.2 Å². The molecule has 0 spiro atoms. The zero-order valence-corrected chi connectivity index (χ0v) is 19.4. The van der Waals surface area contributed by atoms with Gasteiger partial charge in [0.1, 0.15) is 11.9 Å². The fraction of sp³-hybridized carbons (Fsp3) is 0.222. The van der Waals surface area contributed by atoms with Crippen molar-refractivity contribution in [1.29, 1.82) is 0 Å². The molecular formula is C27H21N3O7. The summed E-state index contributed by atoms with van der Waals surface area (Å²) in [5, 5.41) is 19.7. The van der Waals surface area contributed by atoms with Crippen LogP contribution in [0.25, 0.3) is 0 Å². The SMILES string of the molecule is O=C1C(N=Nc2cccc3c2C(=O)N(Oc2ccccc2)C3=O)=C(O)C2CC(Oc3ccco3)CCC12. The average molecular weight is 499 g/mol. The Balaban J connectivity index is 1.24. The lowest BCUT2D eigenvalue weighted by Gasteiger charge is -2.30. The van der Waals surface area contributed by atoms with Crippen molar-refractivity contribution >= 4 is 23.3 Å². The van der Waals surface area contributed by atoms with Gasteiger partial charge in [-0.1, -0.05) is 29.3 Å². The van der Waals surface area contributed by atoms with Gasteiger partial charge in [0, 0.05) is 17.9 Å². The highest BCUT2D eigenvalue weighted by molar-refractivity contribution is 6.22. The predicted octanol–water partition coefficient (Wildman–Crippen LogP) is 5.17. The topological polar surface area (TPSA) is 131 Å². The van der Waals surface area contributed by atoms with E-state index in [9.17, 15) is 19.5 Å². The van der Waals surface area contributed by atoms with Gasteiger partial charge in [0.05, 0.1) is 23.1 Å². The molecule has 186 valence electrons. The first kappa shape index (κ1) is 22.7. The minimum Gasteiger partial charge on any atom is -0.510 e. The number of ketones is 1. The van der Waals surface area contributed by atoms with E-state index >= 15 is 0 Å². The number of nitrogens with zero attached hydrogens (tertiary/aromatic N) is 3. The van der Waals surface area contributed by atoms with E-state index in [1.54, 1.807) is 48.5 Å². The fourth-order valence-corrected chi connectivity index (χ4v) is 5.03. The highest BCUT2D eigenvalue weighted by Crippen LogP contribution is 2.44. The van der Waals surface area contributed by atoms with Crippen LogP contribution in [0.15, 0.2) is 93.0 Å². The summed E-state index contributed by atoms with van der Waals surface area (Å²) in [4.78, 5) is 44.4. The number of fused-ring (bicyclic) bond motifs is 2. The van der Waals surface area contributed by atoms with Gasteiger partial charge in [-0.2, -0.15) is 0 Å². The summed E-state index contributed by atoms with van der Waals surface area (Å²) in [7, 11) is 0. The quantitative estimate of drug-likeness (QED) is 0.366. The fourth-order valence-electron chi connectivity index (χ4n) is 5.03. The molecule has 0 radical (unpaired) electrons. The van der Waals surface area contributed by atoms with Crippen LogP contribution in [-0.4, -0.2) is 33.9 Å². The molecule has 6 rings (SSSR count). The first-order valence-corrected chi connectivity index (χ1v) is 11.9. The number of aliphatic hydroxyl groups excluding tert-OH is 1. The van der Waals surface area contributed by atoms with E-state index < -0.39 is 23.7 Å². The standard InChI is InChI=1S/C27H21N3O7/c31-24-17-12-11-16(36-21-10-5-13-35-21)14-19(17)25(32)23(24)29-28-20-9-4-8-18-22(20)27(34)30(26(18)33)37-15-6-2-1-3-7-15/h1-10,13,16-17,19,32H,11-12,14H2. The molecule has 1 aromatic heterocycles. The molecule has 3 atom stereocenters. The van der Waals surface area contributed by atoms with Gasteiger partial charge in [-0.25, -0.2) is 0 Å². The maximum Gasteiger partial charge on any atom is 0.297 e. The van der Waals surface area contributed by atoms with Gasteiger partial charge in [-0.15, -0.1) is 10.2 Å². The van der Waals surface area contributed by atoms with Crippen molar-refractivity contribution in [2.24, 2.45) is 22.1 Å². The van der Waals surface area contributed by atoms with Crippen LogP contribution in [0.4, 0.5) is 5.69 Å². The molecule has 1 fully saturated rings. The Hall–Kier alpha value is -4.73. The number of azo groups is 1. The molecule has 3 aliphatic rings. The number of hydroxylamine groups is 2. The number of furan rings is 1. The molecule has 10 nitrogen and oxygen atoms in total. The largest absolute Gasteiger partial charge is 0.510 e. The first-order valence-electron chi connectivity index (χ1n) is 11.9. The summed E-state index contributed by atoms with van der Waals surface area (Å²) >= 11 is 0. The Morgan fingerprint density at radius 1 is 0.892 bits per heavy atom. The molecule has 37 heavy (non-hydrogen) atoms. The number of hydrogen-bond acceptors (Lipinski definition) is 9. The Morgan fingerprint density at radius 2 is 1.73 bits per heavy atom. The van der Waals surface area contributed by atoms with Crippen molar-refractivity contribution in [1.82, 2.24) is 5.06 Å². The lowest BCUT2D eigenvalue weighted by atomic mass is 9.79. The summed E-state index contributed by atoms with van der Waals surface area (Å²) in [5.74, 6) is -1.90. The van der Waals surface area contributed by atoms with Crippen LogP contribution in [-0.2, 0) is 4.79 Å². The molecular weight excluding hydrogens is 478 g/mol. The van der Waals surface area contributed by atoms with Gasteiger partial charge in [0.2, 0.25) is 0 Å². The summed E-state index contributed by atoms with van der Waals surface area (Å²) in [6, 6.07) is 16.5. The molecule has 1 N–H and O–H groups in total. The maximum absolute atomic E-state index is 13.1. The number of carbonyl (C=O) groups excluding carboxylic acids is 3. The van der Waals surface area contributed by atoms with Crippen LogP contribution >= 0.6 is 0 Å². The lowest BCUT2D eigenvalue weighted by molar-refractivity contribution is -0.120. The van der Waals surface area contributed by atoms with Crippen LogP contribution in [0, 0.1) is 11.8 Å². The number of imide groups is 1. The average Bonchev–Trinajstić information content (AvgIpc) is 3.58. The van der Waals surface area contributed by atoms with Crippen molar-refractivity contribution in [3.05, 3.63) is 89.5 Å². The number of Topliss-reactive ketones (excluding diaryl/α,β-unsaturated/α-hetero) is 1.